The molecule has 5 nitrogen and oxygen atoms in total. The van der Waals surface area contributed by atoms with Crippen LogP contribution in [0.3, 0.4) is 0 Å². The summed E-state index contributed by atoms with van der Waals surface area (Å²) in [5.74, 6) is 1.97. The van der Waals surface area contributed by atoms with Gasteiger partial charge in [0.25, 0.3) is 0 Å². The number of aryl methyl sites for hydroxylation is 1. The number of nitrogens with zero attached hydrogens (tertiary/aromatic N) is 5. The summed E-state index contributed by atoms with van der Waals surface area (Å²) >= 11 is 0. The van der Waals surface area contributed by atoms with E-state index in [1.54, 1.807) is 0 Å². The van der Waals surface area contributed by atoms with Gasteiger partial charge in [-0.15, -0.1) is 0 Å². The largest absolute Gasteiger partial charge is 0.313 e. The zero-order valence-corrected chi connectivity index (χ0v) is 27.5. The Bertz CT molecular complexity index is 2610. The normalized spacial score (nSPS) is 12.9. The minimum absolute atomic E-state index is 0.652. The highest BCUT2D eigenvalue weighted by Gasteiger charge is 2.23. The third-order valence-corrected chi connectivity index (χ3v) is 10.2. The van der Waals surface area contributed by atoms with Crippen LogP contribution in [0.25, 0.3) is 78.2 Å². The van der Waals surface area contributed by atoms with E-state index in [-0.39, 0.29) is 0 Å². The molecule has 0 saturated heterocycles. The number of hydrogen-bond acceptors (Lipinski definition) is 3. The average molecular weight is 644 g/mol. The van der Waals surface area contributed by atoms with Crippen LogP contribution in [-0.2, 0) is 12.8 Å². The highest BCUT2D eigenvalue weighted by atomic mass is 15.0. The monoisotopic (exact) mass is 643 g/mol. The molecule has 0 amide bonds. The van der Waals surface area contributed by atoms with Gasteiger partial charge in [-0.25, -0.2) is 15.0 Å². The Hall–Kier alpha value is -6.33. The first-order valence-corrected chi connectivity index (χ1v) is 17.4. The minimum atomic E-state index is 0.652. The lowest BCUT2D eigenvalue weighted by Gasteiger charge is -2.16. The molecule has 0 N–H and O–H groups in total. The lowest BCUT2D eigenvalue weighted by molar-refractivity contribution is 0.667. The lowest BCUT2D eigenvalue weighted by Crippen LogP contribution is -2.06. The zero-order valence-electron chi connectivity index (χ0n) is 27.5. The van der Waals surface area contributed by atoms with Gasteiger partial charge in [-0.05, 0) is 85.8 Å². The van der Waals surface area contributed by atoms with Crippen LogP contribution in [0, 0.1) is 0 Å². The van der Waals surface area contributed by atoms with E-state index in [1.165, 1.54) is 62.5 Å². The molecule has 6 aromatic carbocycles. The fourth-order valence-corrected chi connectivity index (χ4v) is 7.85. The Morgan fingerprint density at radius 3 is 1.56 bits per heavy atom. The molecule has 0 aliphatic heterocycles. The van der Waals surface area contributed by atoms with Gasteiger partial charge in [0.1, 0.15) is 0 Å². The molecule has 238 valence electrons. The van der Waals surface area contributed by atoms with Crippen LogP contribution in [0.15, 0.2) is 152 Å². The molecular weight excluding hydrogens is 611 g/mol. The molecule has 0 atom stereocenters. The first kappa shape index (κ1) is 28.7. The fourth-order valence-electron chi connectivity index (χ4n) is 7.85. The summed E-state index contributed by atoms with van der Waals surface area (Å²) in [5, 5.41) is 3.93. The molecule has 0 bridgehead atoms. The summed E-state index contributed by atoms with van der Waals surface area (Å²) < 4.78 is 4.93. The molecule has 10 rings (SSSR count). The van der Waals surface area contributed by atoms with E-state index in [0.29, 0.717) is 17.5 Å². The van der Waals surface area contributed by atoms with Gasteiger partial charge in [-0.3, -0.25) is 0 Å². The molecule has 1 aliphatic rings. The number of para-hydroxylation sites is 2. The van der Waals surface area contributed by atoms with Gasteiger partial charge < -0.3 is 9.13 Å². The zero-order chi connectivity index (χ0) is 33.0. The molecule has 5 heteroatoms. The molecule has 0 spiro atoms. The van der Waals surface area contributed by atoms with Crippen molar-refractivity contribution in [1.29, 1.82) is 0 Å². The quantitative estimate of drug-likeness (QED) is 0.187. The summed E-state index contributed by atoms with van der Waals surface area (Å²) in [5.41, 5.74) is 11.9. The molecule has 50 heavy (non-hydrogen) atoms. The van der Waals surface area contributed by atoms with Crippen molar-refractivity contribution in [3.05, 3.63) is 163 Å². The van der Waals surface area contributed by atoms with Crippen molar-refractivity contribution in [3.8, 4) is 45.5 Å². The second kappa shape index (κ2) is 11.7. The maximum absolute atomic E-state index is 4.96. The second-order valence-corrected chi connectivity index (χ2v) is 13.1. The average Bonchev–Trinajstić information content (AvgIpc) is 3.70. The molecule has 0 saturated carbocycles. The van der Waals surface area contributed by atoms with E-state index in [4.69, 9.17) is 15.0 Å². The van der Waals surface area contributed by atoms with Gasteiger partial charge in [0.05, 0.1) is 16.6 Å². The predicted molar refractivity (Wildman–Crippen MR) is 204 cm³/mol. The maximum atomic E-state index is 4.96. The number of fused-ring (bicyclic) bond motifs is 6. The smallest absolute Gasteiger partial charge is 0.164 e. The van der Waals surface area contributed by atoms with Crippen molar-refractivity contribution >= 4 is 32.7 Å². The van der Waals surface area contributed by atoms with Gasteiger partial charge in [0, 0.05) is 49.9 Å². The molecule has 3 aromatic heterocycles. The van der Waals surface area contributed by atoms with Crippen molar-refractivity contribution in [2.75, 3.05) is 0 Å². The van der Waals surface area contributed by atoms with Crippen molar-refractivity contribution < 1.29 is 0 Å². The Morgan fingerprint density at radius 2 is 0.900 bits per heavy atom. The third-order valence-electron chi connectivity index (χ3n) is 10.2. The molecule has 9 aromatic rings. The Balaban J connectivity index is 1.15. The van der Waals surface area contributed by atoms with Crippen LogP contribution in [0.1, 0.15) is 24.1 Å². The Morgan fingerprint density at radius 1 is 0.380 bits per heavy atom. The minimum Gasteiger partial charge on any atom is -0.313 e. The van der Waals surface area contributed by atoms with Crippen LogP contribution in [-0.4, -0.2) is 24.1 Å². The molecule has 0 radical (unpaired) electrons. The highest BCUT2D eigenvalue weighted by Crippen LogP contribution is 2.40. The topological polar surface area (TPSA) is 48.5 Å². The van der Waals surface area contributed by atoms with Crippen LogP contribution < -0.4 is 0 Å². The van der Waals surface area contributed by atoms with Gasteiger partial charge in [-0.2, -0.15) is 0 Å². The number of rotatable bonds is 5. The molecule has 3 heterocycles. The van der Waals surface area contributed by atoms with Crippen molar-refractivity contribution in [2.45, 2.75) is 25.7 Å². The van der Waals surface area contributed by atoms with Gasteiger partial charge >= 0.3 is 0 Å². The van der Waals surface area contributed by atoms with Crippen molar-refractivity contribution in [2.24, 2.45) is 0 Å². The second-order valence-electron chi connectivity index (χ2n) is 13.1. The van der Waals surface area contributed by atoms with E-state index in [2.05, 4.69) is 100 Å². The van der Waals surface area contributed by atoms with Gasteiger partial charge in [0.15, 0.2) is 17.5 Å². The van der Waals surface area contributed by atoms with Crippen LogP contribution >= 0.6 is 0 Å². The fraction of sp³-hybridized carbons (Fsp3) is 0.0889. The summed E-state index contributed by atoms with van der Waals surface area (Å²) in [6.45, 7) is 0. The number of aromatic nitrogens is 5. The molecule has 0 fully saturated rings. The molecule has 0 unspecified atom stereocenters. The standard InChI is InChI=1S/C45H33N5/c1-4-14-30(15-5-1)43-46-44(31-16-6-2-7-17-31)48-45(47-43)32-24-26-34(27-25-32)50-40-23-13-11-21-36(40)38-28-37-35-20-10-12-22-39(35)49(41(37)29-42(38)50)33-18-8-3-9-19-33/h1-9,11,13-19,21,23-29H,10,12,20,22H2. The Kier molecular flexibility index (Phi) is 6.69. The van der Waals surface area contributed by atoms with Crippen LogP contribution in [0.4, 0.5) is 0 Å². The van der Waals surface area contributed by atoms with Crippen LogP contribution in [0.5, 0.6) is 0 Å². The SMILES string of the molecule is c1ccc(-c2nc(-c3ccccc3)nc(-c3ccc(-n4c5ccccc5c5cc6c7c(n(-c8ccccc8)c6cc54)CCCC7)cc3)n2)cc1. The Labute approximate surface area is 290 Å². The number of benzene rings is 6. The van der Waals surface area contributed by atoms with E-state index in [9.17, 15) is 0 Å². The van der Waals surface area contributed by atoms with E-state index < -0.39 is 0 Å². The van der Waals surface area contributed by atoms with E-state index >= 15 is 0 Å². The van der Waals surface area contributed by atoms with Crippen molar-refractivity contribution in [3.63, 3.8) is 0 Å². The van der Waals surface area contributed by atoms with Crippen molar-refractivity contribution in [1.82, 2.24) is 24.1 Å². The first-order valence-electron chi connectivity index (χ1n) is 17.4. The number of hydrogen-bond donors (Lipinski definition) is 0. The maximum Gasteiger partial charge on any atom is 0.164 e. The summed E-state index contributed by atoms with van der Waals surface area (Å²) in [7, 11) is 0. The third kappa shape index (κ3) is 4.66. The summed E-state index contributed by atoms with van der Waals surface area (Å²) in [4.78, 5) is 14.8. The molecule has 1 aliphatic carbocycles. The highest BCUT2D eigenvalue weighted by molar-refractivity contribution is 6.14. The van der Waals surface area contributed by atoms with Crippen LogP contribution in [0.2, 0.25) is 0 Å². The molecular formula is C45H33N5. The first-order chi connectivity index (χ1) is 24.8. The predicted octanol–water partition coefficient (Wildman–Crippen LogP) is 10.8. The van der Waals surface area contributed by atoms with Gasteiger partial charge in [0.2, 0.25) is 0 Å². The summed E-state index contributed by atoms with van der Waals surface area (Å²) in [6.07, 6.45) is 4.72. The van der Waals surface area contributed by atoms with Gasteiger partial charge in [-0.1, -0.05) is 97.1 Å². The lowest BCUT2D eigenvalue weighted by atomic mass is 9.95. The van der Waals surface area contributed by atoms with E-state index in [0.717, 1.165) is 35.2 Å². The summed E-state index contributed by atoms with van der Waals surface area (Å²) in [6, 6.07) is 53.4. The van der Waals surface area contributed by atoms with E-state index in [1.807, 2.05) is 60.7 Å².